The monoisotopic (exact) mass is 327 g/mol. The molecule has 0 spiro atoms. The van der Waals surface area contributed by atoms with E-state index in [0.717, 1.165) is 11.1 Å². The third kappa shape index (κ3) is 3.33. The molecule has 0 bridgehead atoms. The molecule has 0 saturated heterocycles. The highest BCUT2D eigenvalue weighted by atomic mass is 16.3. The number of carbonyl (C=O) groups is 2. The maximum Gasteiger partial charge on any atom is 0.290 e. The Morgan fingerprint density at radius 1 is 1.21 bits per heavy atom. The number of nitrogens with two attached hydrogens (primary N) is 1. The van der Waals surface area contributed by atoms with Gasteiger partial charge in [0.2, 0.25) is 5.91 Å². The molecule has 126 valence electrons. The number of rotatable bonds is 5. The van der Waals surface area contributed by atoms with Gasteiger partial charge in [-0.15, -0.1) is 0 Å². The summed E-state index contributed by atoms with van der Waals surface area (Å²) in [5, 5.41) is 2.87. The lowest BCUT2D eigenvalue weighted by Gasteiger charge is -2.35. The number of nitrogens with one attached hydrogen (secondary N) is 1. The quantitative estimate of drug-likeness (QED) is 0.811. The zero-order chi connectivity index (χ0) is 16.9. The minimum absolute atomic E-state index is 0.155. The van der Waals surface area contributed by atoms with Crippen LogP contribution in [0.1, 0.15) is 28.1 Å². The summed E-state index contributed by atoms with van der Waals surface area (Å²) in [5.74, 6) is -0.180. The van der Waals surface area contributed by atoms with Crippen LogP contribution in [-0.2, 0) is 17.8 Å². The van der Waals surface area contributed by atoms with Crippen molar-refractivity contribution in [1.29, 1.82) is 0 Å². The van der Waals surface area contributed by atoms with Gasteiger partial charge in [-0.2, -0.15) is 0 Å². The summed E-state index contributed by atoms with van der Waals surface area (Å²) in [6, 6.07) is 10.6. The van der Waals surface area contributed by atoms with E-state index in [0.29, 0.717) is 32.5 Å². The van der Waals surface area contributed by atoms with E-state index in [1.54, 1.807) is 17.0 Å². The molecule has 1 aliphatic rings. The molecule has 1 aromatic carbocycles. The number of amides is 2. The minimum Gasteiger partial charge on any atom is -0.459 e. The first-order chi connectivity index (χ1) is 11.7. The number of hydrogen-bond donors (Lipinski definition) is 2. The van der Waals surface area contributed by atoms with Gasteiger partial charge in [-0.1, -0.05) is 24.3 Å². The van der Waals surface area contributed by atoms with Crippen LogP contribution >= 0.6 is 0 Å². The van der Waals surface area contributed by atoms with Gasteiger partial charge < -0.3 is 20.4 Å². The molecule has 0 fully saturated rings. The van der Waals surface area contributed by atoms with Gasteiger partial charge in [-0.3, -0.25) is 9.59 Å². The largest absolute Gasteiger partial charge is 0.459 e. The van der Waals surface area contributed by atoms with Crippen molar-refractivity contribution in [2.75, 3.05) is 13.1 Å². The molecule has 1 aliphatic heterocycles. The molecule has 6 nitrogen and oxygen atoms in total. The topological polar surface area (TPSA) is 88.6 Å². The van der Waals surface area contributed by atoms with E-state index >= 15 is 0 Å². The van der Waals surface area contributed by atoms with Gasteiger partial charge in [0.15, 0.2) is 5.76 Å². The maximum absolute atomic E-state index is 12.7. The number of nitrogens with zero attached hydrogens (tertiary/aromatic N) is 1. The molecule has 0 radical (unpaired) electrons. The number of hydrogen-bond acceptors (Lipinski definition) is 4. The minimum atomic E-state index is -0.546. The molecule has 1 aromatic heterocycles. The van der Waals surface area contributed by atoms with E-state index in [1.807, 2.05) is 24.3 Å². The number of furan rings is 1. The molecule has 2 amide bonds. The van der Waals surface area contributed by atoms with Crippen LogP contribution in [0.3, 0.4) is 0 Å². The molecule has 1 atom stereocenters. The zero-order valence-corrected chi connectivity index (χ0v) is 13.4. The molecule has 24 heavy (non-hydrogen) atoms. The molecule has 6 heteroatoms. The Balaban J connectivity index is 1.84. The standard InChI is InChI=1S/C18H21N3O3/c19-8-4-9-20-17(22)15-11-13-5-1-2-6-14(13)12-21(15)18(23)16-7-3-10-24-16/h1-3,5-7,10,15H,4,8-9,11-12,19H2,(H,20,22). The fraction of sp³-hybridized carbons (Fsp3) is 0.333. The Kier molecular flexibility index (Phi) is 4.96. The summed E-state index contributed by atoms with van der Waals surface area (Å²) < 4.78 is 5.22. The van der Waals surface area contributed by atoms with Crippen LogP contribution in [0, 0.1) is 0 Å². The number of benzene rings is 1. The highest BCUT2D eigenvalue weighted by Crippen LogP contribution is 2.25. The van der Waals surface area contributed by atoms with Crippen molar-refractivity contribution in [2.24, 2.45) is 5.73 Å². The average molecular weight is 327 g/mol. The predicted octanol–water partition coefficient (Wildman–Crippen LogP) is 1.31. The second-order valence-corrected chi connectivity index (χ2v) is 5.83. The SMILES string of the molecule is NCCCNC(=O)C1Cc2ccccc2CN1C(=O)c1ccco1. The molecular weight excluding hydrogens is 306 g/mol. The van der Waals surface area contributed by atoms with Crippen molar-refractivity contribution in [3.63, 3.8) is 0 Å². The fourth-order valence-electron chi connectivity index (χ4n) is 2.94. The molecule has 2 aromatic rings. The van der Waals surface area contributed by atoms with Gasteiger partial charge in [-0.25, -0.2) is 0 Å². The van der Waals surface area contributed by atoms with E-state index < -0.39 is 6.04 Å². The van der Waals surface area contributed by atoms with Gasteiger partial charge in [0.25, 0.3) is 5.91 Å². The first-order valence-electron chi connectivity index (χ1n) is 8.09. The summed E-state index contributed by atoms with van der Waals surface area (Å²) in [4.78, 5) is 26.9. The van der Waals surface area contributed by atoms with Crippen LogP contribution in [0.25, 0.3) is 0 Å². The van der Waals surface area contributed by atoms with Crippen molar-refractivity contribution in [3.05, 3.63) is 59.5 Å². The van der Waals surface area contributed by atoms with E-state index in [9.17, 15) is 9.59 Å². The van der Waals surface area contributed by atoms with Crippen molar-refractivity contribution < 1.29 is 14.0 Å². The summed E-state index contributed by atoms with van der Waals surface area (Å²) >= 11 is 0. The Hall–Kier alpha value is -2.60. The Bertz CT molecular complexity index is 712. The highest BCUT2D eigenvalue weighted by Gasteiger charge is 2.35. The number of fused-ring (bicyclic) bond motifs is 1. The fourth-order valence-corrected chi connectivity index (χ4v) is 2.94. The van der Waals surface area contributed by atoms with Gasteiger partial charge in [0, 0.05) is 19.5 Å². The lowest BCUT2D eigenvalue weighted by atomic mass is 9.93. The Labute approximate surface area is 140 Å². The molecule has 2 heterocycles. The van der Waals surface area contributed by atoms with Gasteiger partial charge in [0.1, 0.15) is 6.04 Å². The summed E-state index contributed by atoms with van der Waals surface area (Å²) in [7, 11) is 0. The Morgan fingerprint density at radius 3 is 2.71 bits per heavy atom. The van der Waals surface area contributed by atoms with E-state index in [1.165, 1.54) is 6.26 Å². The first-order valence-corrected chi connectivity index (χ1v) is 8.09. The van der Waals surface area contributed by atoms with E-state index in [2.05, 4.69) is 5.32 Å². The molecule has 0 saturated carbocycles. The van der Waals surface area contributed by atoms with Crippen molar-refractivity contribution in [1.82, 2.24) is 10.2 Å². The maximum atomic E-state index is 12.7. The van der Waals surface area contributed by atoms with Crippen molar-refractivity contribution in [3.8, 4) is 0 Å². The normalized spacial score (nSPS) is 16.5. The van der Waals surface area contributed by atoms with Crippen LogP contribution in [0.2, 0.25) is 0 Å². The van der Waals surface area contributed by atoms with Crippen molar-refractivity contribution >= 4 is 11.8 Å². The smallest absolute Gasteiger partial charge is 0.290 e. The lowest BCUT2D eigenvalue weighted by Crippen LogP contribution is -2.52. The van der Waals surface area contributed by atoms with Crippen LogP contribution in [0.15, 0.2) is 47.1 Å². The molecule has 0 aliphatic carbocycles. The predicted molar refractivity (Wildman–Crippen MR) is 89.2 cm³/mol. The van der Waals surface area contributed by atoms with E-state index in [-0.39, 0.29) is 17.6 Å². The van der Waals surface area contributed by atoms with Gasteiger partial charge in [0.05, 0.1) is 6.26 Å². The highest BCUT2D eigenvalue weighted by molar-refractivity contribution is 5.96. The summed E-state index contributed by atoms with van der Waals surface area (Å²) in [6.07, 6.45) is 2.67. The summed E-state index contributed by atoms with van der Waals surface area (Å²) in [5.41, 5.74) is 7.62. The molecular formula is C18H21N3O3. The Morgan fingerprint density at radius 2 is 2.00 bits per heavy atom. The zero-order valence-electron chi connectivity index (χ0n) is 13.4. The average Bonchev–Trinajstić information content (AvgIpc) is 3.14. The van der Waals surface area contributed by atoms with Crippen LogP contribution < -0.4 is 11.1 Å². The second kappa shape index (κ2) is 7.31. The van der Waals surface area contributed by atoms with Crippen LogP contribution in [-0.4, -0.2) is 35.8 Å². The van der Waals surface area contributed by atoms with Crippen LogP contribution in [0.5, 0.6) is 0 Å². The summed E-state index contributed by atoms with van der Waals surface area (Å²) in [6.45, 7) is 1.42. The van der Waals surface area contributed by atoms with Gasteiger partial charge >= 0.3 is 0 Å². The van der Waals surface area contributed by atoms with Crippen LogP contribution in [0.4, 0.5) is 0 Å². The lowest BCUT2D eigenvalue weighted by molar-refractivity contribution is -0.126. The molecule has 3 N–H and O–H groups in total. The van der Waals surface area contributed by atoms with Crippen molar-refractivity contribution in [2.45, 2.75) is 25.4 Å². The third-order valence-electron chi connectivity index (χ3n) is 4.22. The third-order valence-corrected chi connectivity index (χ3v) is 4.22. The first kappa shape index (κ1) is 16.3. The molecule has 3 rings (SSSR count). The number of carbonyl (C=O) groups excluding carboxylic acids is 2. The van der Waals surface area contributed by atoms with E-state index in [4.69, 9.17) is 10.2 Å². The molecule has 1 unspecified atom stereocenters. The van der Waals surface area contributed by atoms with Gasteiger partial charge in [-0.05, 0) is 36.2 Å². The second-order valence-electron chi connectivity index (χ2n) is 5.83.